The molecular weight excluding hydrogens is 210 g/mol. The zero-order chi connectivity index (χ0) is 12.3. The van der Waals surface area contributed by atoms with Crippen molar-refractivity contribution < 1.29 is 0 Å². The van der Waals surface area contributed by atoms with E-state index in [0.717, 1.165) is 6.54 Å². The van der Waals surface area contributed by atoms with E-state index >= 15 is 0 Å². The molecule has 17 heavy (non-hydrogen) atoms. The Bertz CT molecular complexity index is 354. The van der Waals surface area contributed by atoms with E-state index in [9.17, 15) is 0 Å². The lowest BCUT2D eigenvalue weighted by molar-refractivity contribution is 0.449. The summed E-state index contributed by atoms with van der Waals surface area (Å²) in [5.74, 6) is 0. The largest absolute Gasteiger partial charge is 0.331 e. The molecule has 2 rings (SSSR count). The minimum atomic E-state index is 0.565. The van der Waals surface area contributed by atoms with Crippen LogP contribution in [0.1, 0.15) is 57.5 Å². The molecule has 1 heterocycles. The predicted molar refractivity (Wildman–Crippen MR) is 71.3 cm³/mol. The van der Waals surface area contributed by atoms with Gasteiger partial charge in [0, 0.05) is 17.8 Å². The Morgan fingerprint density at radius 2 is 2.06 bits per heavy atom. The van der Waals surface area contributed by atoms with E-state index in [1.807, 2.05) is 0 Å². The van der Waals surface area contributed by atoms with Gasteiger partial charge in [-0.25, -0.2) is 4.98 Å². The summed E-state index contributed by atoms with van der Waals surface area (Å²) in [5.41, 5.74) is 2.84. The first-order valence-corrected chi connectivity index (χ1v) is 6.96. The van der Waals surface area contributed by atoms with Crippen molar-refractivity contribution in [2.24, 2.45) is 0 Å². The van der Waals surface area contributed by atoms with Crippen LogP contribution in [-0.2, 0) is 12.8 Å². The molecule has 96 valence electrons. The molecule has 0 amide bonds. The highest BCUT2D eigenvalue weighted by Gasteiger charge is 2.17. The van der Waals surface area contributed by atoms with Crippen molar-refractivity contribution in [3.63, 3.8) is 0 Å². The van der Waals surface area contributed by atoms with Crippen LogP contribution in [0.15, 0.2) is 6.33 Å². The summed E-state index contributed by atoms with van der Waals surface area (Å²) >= 11 is 0. The quantitative estimate of drug-likeness (QED) is 0.850. The average molecular weight is 235 g/mol. The Labute approximate surface area is 105 Å². The third-order valence-electron chi connectivity index (χ3n) is 3.65. The van der Waals surface area contributed by atoms with E-state index < -0.39 is 0 Å². The second kappa shape index (κ2) is 5.67. The number of fused-ring (bicyclic) bond motifs is 1. The van der Waals surface area contributed by atoms with Crippen LogP contribution < -0.4 is 5.32 Å². The standard InChI is InChI=1S/C14H25N3/c1-11(2)15-9-8-12(3)17-10-16-13-6-4-5-7-14(13)17/h10-12,15H,4-9H2,1-3H3. The van der Waals surface area contributed by atoms with Gasteiger partial charge in [0.2, 0.25) is 0 Å². The van der Waals surface area contributed by atoms with E-state index in [2.05, 4.69) is 42.0 Å². The molecule has 0 aromatic carbocycles. The number of rotatable bonds is 5. The van der Waals surface area contributed by atoms with Crippen molar-refractivity contribution in [2.75, 3.05) is 6.54 Å². The molecule has 1 aromatic rings. The number of aryl methyl sites for hydroxylation is 1. The lowest BCUT2D eigenvalue weighted by atomic mass is 10.0. The predicted octanol–water partition coefficient (Wildman–Crippen LogP) is 2.71. The van der Waals surface area contributed by atoms with E-state index in [1.165, 1.54) is 43.5 Å². The molecule has 0 bridgehead atoms. The first-order valence-electron chi connectivity index (χ1n) is 6.96. The van der Waals surface area contributed by atoms with Crippen LogP contribution in [0.2, 0.25) is 0 Å². The third-order valence-corrected chi connectivity index (χ3v) is 3.65. The normalized spacial score (nSPS) is 17.2. The average Bonchev–Trinajstić information content (AvgIpc) is 2.72. The van der Waals surface area contributed by atoms with E-state index in [0.29, 0.717) is 12.1 Å². The van der Waals surface area contributed by atoms with Crippen LogP contribution in [0.25, 0.3) is 0 Å². The maximum Gasteiger partial charge on any atom is 0.0954 e. The minimum absolute atomic E-state index is 0.565. The SMILES string of the molecule is CC(C)NCCC(C)n1cnc2c1CCCC2. The molecule has 0 saturated heterocycles. The van der Waals surface area contributed by atoms with Crippen molar-refractivity contribution >= 4 is 0 Å². The topological polar surface area (TPSA) is 29.9 Å². The Balaban J connectivity index is 1.94. The van der Waals surface area contributed by atoms with Crippen molar-refractivity contribution in [3.05, 3.63) is 17.7 Å². The van der Waals surface area contributed by atoms with Gasteiger partial charge in [-0.15, -0.1) is 0 Å². The van der Waals surface area contributed by atoms with Crippen LogP contribution >= 0.6 is 0 Å². The maximum atomic E-state index is 4.56. The minimum Gasteiger partial charge on any atom is -0.331 e. The Kier molecular flexibility index (Phi) is 4.21. The second-order valence-corrected chi connectivity index (χ2v) is 5.50. The summed E-state index contributed by atoms with van der Waals surface area (Å²) in [6.07, 6.45) is 8.27. The van der Waals surface area contributed by atoms with Gasteiger partial charge in [0.15, 0.2) is 0 Å². The molecule has 1 aliphatic rings. The summed E-state index contributed by atoms with van der Waals surface area (Å²) in [6, 6.07) is 1.15. The fraction of sp³-hybridized carbons (Fsp3) is 0.786. The molecule has 1 unspecified atom stereocenters. The van der Waals surface area contributed by atoms with Gasteiger partial charge in [-0.3, -0.25) is 0 Å². The van der Waals surface area contributed by atoms with Crippen LogP contribution in [0, 0.1) is 0 Å². The van der Waals surface area contributed by atoms with Gasteiger partial charge in [0.05, 0.1) is 12.0 Å². The smallest absolute Gasteiger partial charge is 0.0954 e. The van der Waals surface area contributed by atoms with Crippen LogP contribution in [-0.4, -0.2) is 22.1 Å². The molecule has 0 spiro atoms. The molecule has 3 heteroatoms. The first-order chi connectivity index (χ1) is 8.18. The zero-order valence-electron chi connectivity index (χ0n) is 11.4. The molecule has 1 aromatic heterocycles. The molecule has 1 aliphatic carbocycles. The Morgan fingerprint density at radius 1 is 1.29 bits per heavy atom. The number of hydrogen-bond acceptors (Lipinski definition) is 2. The van der Waals surface area contributed by atoms with Crippen LogP contribution in [0.4, 0.5) is 0 Å². The lowest BCUT2D eigenvalue weighted by Gasteiger charge is -2.20. The molecule has 0 fully saturated rings. The number of hydrogen-bond donors (Lipinski definition) is 1. The number of aromatic nitrogens is 2. The van der Waals surface area contributed by atoms with E-state index in [-0.39, 0.29) is 0 Å². The molecular formula is C14H25N3. The van der Waals surface area contributed by atoms with Crippen LogP contribution in [0.5, 0.6) is 0 Å². The fourth-order valence-corrected chi connectivity index (χ4v) is 2.59. The highest BCUT2D eigenvalue weighted by molar-refractivity contribution is 5.17. The van der Waals surface area contributed by atoms with Gasteiger partial charge in [0.1, 0.15) is 0 Å². The van der Waals surface area contributed by atoms with Gasteiger partial charge in [0.25, 0.3) is 0 Å². The third kappa shape index (κ3) is 3.09. The lowest BCUT2D eigenvalue weighted by Crippen LogP contribution is -2.25. The van der Waals surface area contributed by atoms with Crippen molar-refractivity contribution in [2.45, 2.75) is 65.0 Å². The monoisotopic (exact) mass is 235 g/mol. The van der Waals surface area contributed by atoms with E-state index in [1.54, 1.807) is 0 Å². The zero-order valence-corrected chi connectivity index (χ0v) is 11.4. The molecule has 0 aliphatic heterocycles. The highest BCUT2D eigenvalue weighted by Crippen LogP contribution is 2.23. The van der Waals surface area contributed by atoms with Crippen molar-refractivity contribution in [1.29, 1.82) is 0 Å². The molecule has 3 nitrogen and oxygen atoms in total. The summed E-state index contributed by atoms with van der Waals surface area (Å²) < 4.78 is 2.40. The summed E-state index contributed by atoms with van der Waals surface area (Å²) in [6.45, 7) is 7.79. The van der Waals surface area contributed by atoms with Gasteiger partial charge in [-0.05, 0) is 45.6 Å². The number of nitrogens with zero attached hydrogens (tertiary/aromatic N) is 2. The van der Waals surface area contributed by atoms with Gasteiger partial charge in [-0.1, -0.05) is 13.8 Å². The van der Waals surface area contributed by atoms with Gasteiger partial charge < -0.3 is 9.88 Å². The van der Waals surface area contributed by atoms with Crippen molar-refractivity contribution in [1.82, 2.24) is 14.9 Å². The number of imidazole rings is 1. The van der Waals surface area contributed by atoms with E-state index in [4.69, 9.17) is 0 Å². The summed E-state index contributed by atoms with van der Waals surface area (Å²) in [5, 5.41) is 3.48. The Morgan fingerprint density at radius 3 is 2.82 bits per heavy atom. The highest BCUT2D eigenvalue weighted by atomic mass is 15.1. The van der Waals surface area contributed by atoms with Gasteiger partial charge >= 0.3 is 0 Å². The first kappa shape index (κ1) is 12.6. The fourth-order valence-electron chi connectivity index (χ4n) is 2.59. The summed E-state index contributed by atoms with van der Waals surface area (Å²) in [7, 11) is 0. The maximum absolute atomic E-state index is 4.56. The Hall–Kier alpha value is -0.830. The molecule has 0 saturated carbocycles. The molecule has 0 radical (unpaired) electrons. The summed E-state index contributed by atoms with van der Waals surface area (Å²) in [4.78, 5) is 4.56. The molecule has 1 N–H and O–H groups in total. The second-order valence-electron chi connectivity index (χ2n) is 5.50. The molecule has 1 atom stereocenters. The number of nitrogens with one attached hydrogen (secondary N) is 1. The van der Waals surface area contributed by atoms with Crippen LogP contribution in [0.3, 0.4) is 0 Å². The van der Waals surface area contributed by atoms with Gasteiger partial charge in [-0.2, -0.15) is 0 Å². The van der Waals surface area contributed by atoms with Crippen molar-refractivity contribution in [3.8, 4) is 0 Å².